The van der Waals surface area contributed by atoms with Crippen LogP contribution in [0, 0.1) is 5.92 Å². The molecule has 0 radical (unpaired) electrons. The van der Waals surface area contributed by atoms with Gasteiger partial charge >= 0.3 is 0 Å². The molecule has 1 fully saturated rings. The molecule has 24 heavy (non-hydrogen) atoms. The molecule has 0 saturated heterocycles. The van der Waals surface area contributed by atoms with Crippen molar-refractivity contribution in [1.29, 1.82) is 0 Å². The van der Waals surface area contributed by atoms with Gasteiger partial charge in [0.25, 0.3) is 0 Å². The second-order valence-electron chi connectivity index (χ2n) is 7.11. The molecule has 130 valence electrons. The lowest BCUT2D eigenvalue weighted by molar-refractivity contribution is 0.215. The van der Waals surface area contributed by atoms with Crippen LogP contribution in [-0.4, -0.2) is 16.6 Å². The number of nitrogens with two attached hydrogens (primary N) is 1. The van der Waals surface area contributed by atoms with Gasteiger partial charge in [-0.2, -0.15) is 0 Å². The third kappa shape index (κ3) is 3.31. The zero-order chi connectivity index (χ0) is 17.2. The van der Waals surface area contributed by atoms with Crippen LogP contribution in [0.2, 0.25) is 0 Å². The van der Waals surface area contributed by atoms with Gasteiger partial charge in [-0.15, -0.1) is 0 Å². The van der Waals surface area contributed by atoms with E-state index in [1.54, 1.807) is 6.20 Å². The lowest BCUT2D eigenvalue weighted by Crippen LogP contribution is -2.67. The van der Waals surface area contributed by atoms with Gasteiger partial charge in [0.15, 0.2) is 5.96 Å². The minimum Gasteiger partial charge on any atom is -0.334 e. The van der Waals surface area contributed by atoms with Crippen LogP contribution in [0.3, 0.4) is 0 Å². The van der Waals surface area contributed by atoms with E-state index in [4.69, 9.17) is 10.7 Å². The van der Waals surface area contributed by atoms with Crippen LogP contribution in [0.25, 0.3) is 0 Å². The summed E-state index contributed by atoms with van der Waals surface area (Å²) in [5.74, 6) is 1.21. The van der Waals surface area contributed by atoms with Gasteiger partial charge in [-0.25, -0.2) is 4.99 Å². The second kappa shape index (κ2) is 6.93. The number of hydrogen-bond donors (Lipinski definition) is 3. The van der Waals surface area contributed by atoms with E-state index in [0.29, 0.717) is 5.92 Å². The topological polar surface area (TPSA) is 75.3 Å². The first kappa shape index (κ1) is 17.0. The summed E-state index contributed by atoms with van der Waals surface area (Å²) in [6.45, 7) is 6.27. The van der Waals surface area contributed by atoms with Crippen molar-refractivity contribution in [1.82, 2.24) is 15.6 Å². The van der Waals surface area contributed by atoms with Crippen LogP contribution in [0.4, 0.5) is 0 Å². The predicted molar refractivity (Wildman–Crippen MR) is 98.2 cm³/mol. The normalized spacial score (nSPS) is 28.4. The zero-order valence-corrected chi connectivity index (χ0v) is 15.0. The molecule has 0 bridgehead atoms. The van der Waals surface area contributed by atoms with Crippen molar-refractivity contribution in [3.63, 3.8) is 0 Å². The van der Waals surface area contributed by atoms with Gasteiger partial charge < -0.3 is 16.4 Å². The number of rotatable bonds is 3. The van der Waals surface area contributed by atoms with E-state index in [2.05, 4.69) is 36.4 Å². The van der Waals surface area contributed by atoms with E-state index in [0.717, 1.165) is 17.4 Å². The van der Waals surface area contributed by atoms with Crippen molar-refractivity contribution in [2.75, 3.05) is 0 Å². The quantitative estimate of drug-likeness (QED) is 0.797. The summed E-state index contributed by atoms with van der Waals surface area (Å²) in [6, 6.07) is 5.89. The fourth-order valence-corrected chi connectivity index (χ4v) is 3.82. The van der Waals surface area contributed by atoms with Gasteiger partial charge in [-0.1, -0.05) is 25.3 Å². The monoisotopic (exact) mass is 327 g/mol. The molecule has 1 aromatic heterocycles. The number of nitrogens with one attached hydrogen (secondary N) is 2. The zero-order valence-electron chi connectivity index (χ0n) is 15.0. The number of allylic oxidation sites excluding steroid dienone is 1. The molecule has 1 aromatic rings. The summed E-state index contributed by atoms with van der Waals surface area (Å²) >= 11 is 0. The molecule has 1 saturated carbocycles. The first-order valence-corrected chi connectivity index (χ1v) is 9.01. The van der Waals surface area contributed by atoms with Crippen molar-refractivity contribution in [3.8, 4) is 0 Å². The van der Waals surface area contributed by atoms with Crippen LogP contribution in [0.1, 0.15) is 64.6 Å². The first-order valence-electron chi connectivity index (χ1n) is 9.01. The van der Waals surface area contributed by atoms with Crippen LogP contribution >= 0.6 is 0 Å². The molecule has 1 aliphatic heterocycles. The number of guanidine groups is 1. The van der Waals surface area contributed by atoms with E-state index in [1.165, 1.54) is 37.7 Å². The lowest BCUT2D eigenvalue weighted by atomic mass is 9.76. The van der Waals surface area contributed by atoms with E-state index >= 15 is 0 Å². The molecule has 5 nitrogen and oxygen atoms in total. The number of hydrogen-bond acceptors (Lipinski definition) is 3. The highest BCUT2D eigenvalue weighted by Crippen LogP contribution is 2.35. The molecule has 4 N–H and O–H groups in total. The minimum absolute atomic E-state index is 0.0250. The molecule has 2 heterocycles. The fourth-order valence-electron chi connectivity index (χ4n) is 3.82. The molecule has 5 heteroatoms. The van der Waals surface area contributed by atoms with Crippen LogP contribution < -0.4 is 16.4 Å². The van der Waals surface area contributed by atoms with Crippen molar-refractivity contribution in [2.24, 2.45) is 16.6 Å². The first-order chi connectivity index (χ1) is 11.5. The molecule has 2 aliphatic rings. The van der Waals surface area contributed by atoms with Crippen molar-refractivity contribution in [3.05, 3.63) is 41.4 Å². The summed E-state index contributed by atoms with van der Waals surface area (Å²) in [4.78, 5) is 9.20. The van der Waals surface area contributed by atoms with E-state index in [-0.39, 0.29) is 6.04 Å². The number of aliphatic imine (C=N–C) groups is 1. The highest BCUT2D eigenvalue weighted by molar-refractivity contribution is 5.84. The summed E-state index contributed by atoms with van der Waals surface area (Å²) in [5, 5.41) is 6.88. The Balaban J connectivity index is 1.85. The molecule has 0 amide bonds. The Bertz CT molecular complexity index is 630. The van der Waals surface area contributed by atoms with Crippen molar-refractivity contribution in [2.45, 2.75) is 64.6 Å². The smallest absolute Gasteiger partial charge is 0.197 e. The maximum absolute atomic E-state index is 6.87. The van der Waals surface area contributed by atoms with Crippen LogP contribution in [0.15, 0.2) is 40.7 Å². The van der Waals surface area contributed by atoms with E-state index < -0.39 is 5.66 Å². The molecule has 1 aliphatic carbocycles. The van der Waals surface area contributed by atoms with Gasteiger partial charge in [0.05, 0.1) is 11.7 Å². The number of pyridine rings is 1. The fraction of sp³-hybridized carbons (Fsp3) is 0.579. The Kier molecular flexibility index (Phi) is 4.90. The average Bonchev–Trinajstić information content (AvgIpc) is 2.61. The van der Waals surface area contributed by atoms with Gasteiger partial charge in [0.2, 0.25) is 0 Å². The molecular weight excluding hydrogens is 298 g/mol. The molecule has 2 atom stereocenters. The van der Waals surface area contributed by atoms with Crippen LogP contribution in [0.5, 0.6) is 0 Å². The third-order valence-corrected chi connectivity index (χ3v) is 5.50. The van der Waals surface area contributed by atoms with Gasteiger partial charge in [0.1, 0.15) is 5.66 Å². The maximum Gasteiger partial charge on any atom is 0.197 e. The molecular formula is C19H29N5. The highest BCUT2D eigenvalue weighted by Gasteiger charge is 2.41. The SMILES string of the molecule is CC1=C(C)C(N)(C2CCCCC2)NC(=NC(C)c2ccccn2)N1. The average molecular weight is 327 g/mol. The molecule has 0 spiro atoms. The summed E-state index contributed by atoms with van der Waals surface area (Å²) < 4.78 is 0. The number of nitrogens with zero attached hydrogens (tertiary/aromatic N) is 2. The van der Waals surface area contributed by atoms with E-state index in [9.17, 15) is 0 Å². The van der Waals surface area contributed by atoms with Crippen molar-refractivity contribution < 1.29 is 0 Å². The number of aromatic nitrogens is 1. The molecule has 0 aromatic carbocycles. The van der Waals surface area contributed by atoms with Gasteiger partial charge in [0, 0.05) is 11.9 Å². The summed E-state index contributed by atoms with van der Waals surface area (Å²) in [6.07, 6.45) is 8.01. The highest BCUT2D eigenvalue weighted by atomic mass is 15.3. The minimum atomic E-state index is -0.502. The Labute approximate surface area is 144 Å². The Morgan fingerprint density at radius 1 is 1.25 bits per heavy atom. The standard InChI is InChI=1S/C19H29N5/c1-13-14(2)22-18(23-15(3)17-11-7-8-12-21-17)24-19(13,20)16-9-5-4-6-10-16/h7-8,11-12,15-16H,4-6,9-10,20H2,1-3H3,(H2,22,23,24). The largest absolute Gasteiger partial charge is 0.334 e. The Hall–Kier alpha value is -1.88. The maximum atomic E-state index is 6.87. The lowest BCUT2D eigenvalue weighted by Gasteiger charge is -2.45. The third-order valence-electron chi connectivity index (χ3n) is 5.50. The Morgan fingerprint density at radius 2 is 2.00 bits per heavy atom. The van der Waals surface area contributed by atoms with Crippen molar-refractivity contribution >= 4 is 5.96 Å². The van der Waals surface area contributed by atoms with Gasteiger partial charge in [-0.05, 0) is 57.2 Å². The molecule has 3 rings (SSSR count). The summed E-state index contributed by atoms with van der Waals surface area (Å²) in [5.41, 5.74) is 9.62. The van der Waals surface area contributed by atoms with Gasteiger partial charge in [-0.3, -0.25) is 4.98 Å². The van der Waals surface area contributed by atoms with Crippen LogP contribution in [-0.2, 0) is 0 Å². The Morgan fingerprint density at radius 3 is 2.67 bits per heavy atom. The second-order valence-corrected chi connectivity index (χ2v) is 7.11. The van der Waals surface area contributed by atoms with E-state index in [1.807, 2.05) is 18.2 Å². The predicted octanol–water partition coefficient (Wildman–Crippen LogP) is 3.22. The molecule has 2 unspecified atom stereocenters. The summed E-state index contributed by atoms with van der Waals surface area (Å²) in [7, 11) is 0.